The van der Waals surface area contributed by atoms with E-state index in [4.69, 9.17) is 4.74 Å². The predicted octanol–water partition coefficient (Wildman–Crippen LogP) is 6.77. The zero-order chi connectivity index (χ0) is 30.3. The molecule has 4 rings (SSSR count). The fourth-order valence-corrected chi connectivity index (χ4v) is 6.38. The Labute approximate surface area is 258 Å². The van der Waals surface area contributed by atoms with E-state index in [9.17, 15) is 15.0 Å². The monoisotopic (exact) mass is 594 g/mol. The number of carbonyl (C=O) groups excluding carboxylic acids is 1. The Morgan fingerprint density at radius 1 is 0.814 bits per heavy atom. The molecule has 8 heteroatoms. The minimum Gasteiger partial charge on any atom is -0.494 e. The Hall–Kier alpha value is -3.00. The topological polar surface area (TPSA) is 91.1 Å². The molecule has 0 radical (unpaired) electrons. The van der Waals surface area contributed by atoms with E-state index >= 15 is 0 Å². The molecule has 2 N–H and O–H groups in total. The van der Waals surface area contributed by atoms with Crippen molar-refractivity contribution < 1.29 is 19.7 Å². The van der Waals surface area contributed by atoms with Crippen molar-refractivity contribution in [2.45, 2.75) is 116 Å². The van der Waals surface area contributed by atoms with Crippen molar-refractivity contribution in [1.82, 2.24) is 14.5 Å². The maximum absolute atomic E-state index is 13.0. The van der Waals surface area contributed by atoms with Crippen LogP contribution in [0.1, 0.15) is 102 Å². The molecule has 1 aliphatic carbocycles. The number of hydrogen-bond acceptors (Lipinski definition) is 7. The standard InChI is InChI=1S/C35H54N4O4/c1-2-3-4-5-6-7-8-9-10-11-12-13-21-33(40)43-29(28-39-34(41)30-18-14-15-19-31(30)35(39)42)27-37-23-25-38(26-24-37)32-20-16-17-22-36-32/h14-17,20,22,29,41-42H,2-13,18-19,21,23-28H2,1H3. The minimum atomic E-state index is -0.468. The van der Waals surface area contributed by atoms with Crippen LogP contribution in [0.5, 0.6) is 11.8 Å². The highest BCUT2D eigenvalue weighted by Gasteiger charge is 2.28. The molecule has 238 valence electrons. The number of rotatable bonds is 19. The lowest BCUT2D eigenvalue weighted by Gasteiger charge is -2.37. The Kier molecular flexibility index (Phi) is 13.7. The van der Waals surface area contributed by atoms with Gasteiger partial charge in [-0.2, -0.15) is 0 Å². The van der Waals surface area contributed by atoms with Crippen LogP contribution in [0.25, 0.3) is 0 Å². The van der Waals surface area contributed by atoms with E-state index in [2.05, 4.69) is 21.7 Å². The number of hydrogen-bond donors (Lipinski definition) is 2. The number of fused-ring (bicyclic) bond motifs is 1. The van der Waals surface area contributed by atoms with E-state index in [1.54, 1.807) is 0 Å². The highest BCUT2D eigenvalue weighted by atomic mass is 16.5. The molecule has 8 nitrogen and oxygen atoms in total. The molecule has 1 aliphatic heterocycles. The summed E-state index contributed by atoms with van der Waals surface area (Å²) in [4.78, 5) is 22.0. The summed E-state index contributed by atoms with van der Waals surface area (Å²) in [7, 11) is 0. The maximum Gasteiger partial charge on any atom is 0.306 e. The Bertz CT molecular complexity index is 1090. The molecule has 0 spiro atoms. The summed E-state index contributed by atoms with van der Waals surface area (Å²) in [5.41, 5.74) is 1.54. The molecule has 2 aromatic heterocycles. The molecule has 1 fully saturated rings. The first-order valence-electron chi connectivity index (χ1n) is 16.9. The van der Waals surface area contributed by atoms with E-state index in [-0.39, 0.29) is 24.3 Å². The van der Waals surface area contributed by atoms with E-state index in [0.29, 0.717) is 25.8 Å². The summed E-state index contributed by atoms with van der Waals surface area (Å²) in [6, 6.07) is 5.96. The van der Waals surface area contributed by atoms with Crippen LogP contribution < -0.4 is 4.90 Å². The summed E-state index contributed by atoms with van der Waals surface area (Å²) in [6.07, 6.45) is 22.0. The van der Waals surface area contributed by atoms with Crippen molar-refractivity contribution in [1.29, 1.82) is 0 Å². The second kappa shape index (κ2) is 18.0. The van der Waals surface area contributed by atoms with Crippen molar-refractivity contribution in [3.05, 3.63) is 47.7 Å². The zero-order valence-electron chi connectivity index (χ0n) is 26.4. The Balaban J connectivity index is 1.23. The maximum atomic E-state index is 13.0. The fraction of sp³-hybridized carbons (Fsp3) is 0.657. The largest absolute Gasteiger partial charge is 0.494 e. The van der Waals surface area contributed by atoms with Crippen LogP contribution in [0, 0.1) is 0 Å². The van der Waals surface area contributed by atoms with Crippen LogP contribution in [-0.2, 0) is 28.9 Å². The van der Waals surface area contributed by atoms with Gasteiger partial charge in [-0.1, -0.05) is 95.8 Å². The quantitative estimate of drug-likeness (QED) is 0.105. The average molecular weight is 595 g/mol. The first kappa shape index (κ1) is 32.9. The van der Waals surface area contributed by atoms with Crippen LogP contribution in [0.3, 0.4) is 0 Å². The van der Waals surface area contributed by atoms with Crippen LogP contribution in [0.4, 0.5) is 5.82 Å². The number of allylic oxidation sites excluding steroid dienone is 2. The van der Waals surface area contributed by atoms with E-state index in [1.165, 1.54) is 62.4 Å². The van der Waals surface area contributed by atoms with Gasteiger partial charge in [0.2, 0.25) is 0 Å². The van der Waals surface area contributed by atoms with Gasteiger partial charge >= 0.3 is 5.97 Å². The molecular weight excluding hydrogens is 540 g/mol. The lowest BCUT2D eigenvalue weighted by atomic mass is 10.0. The van der Waals surface area contributed by atoms with Crippen molar-refractivity contribution in [3.8, 4) is 11.8 Å². The van der Waals surface area contributed by atoms with Gasteiger partial charge in [0, 0.05) is 56.5 Å². The molecule has 1 unspecified atom stereocenters. The third-order valence-electron chi connectivity index (χ3n) is 8.95. The van der Waals surface area contributed by atoms with Gasteiger partial charge in [-0.15, -0.1) is 0 Å². The highest BCUT2D eigenvalue weighted by molar-refractivity contribution is 5.69. The third-order valence-corrected chi connectivity index (χ3v) is 8.95. The molecule has 2 aliphatic rings. The number of aromatic nitrogens is 2. The van der Waals surface area contributed by atoms with Gasteiger partial charge < -0.3 is 19.8 Å². The molecule has 0 bridgehead atoms. The minimum absolute atomic E-state index is 0.0822. The van der Waals surface area contributed by atoms with Crippen molar-refractivity contribution in [3.63, 3.8) is 0 Å². The molecule has 1 atom stereocenters. The zero-order valence-corrected chi connectivity index (χ0v) is 26.4. The normalized spacial score (nSPS) is 15.9. The van der Waals surface area contributed by atoms with E-state index in [0.717, 1.165) is 62.4 Å². The van der Waals surface area contributed by atoms with Gasteiger partial charge in [-0.3, -0.25) is 14.3 Å². The van der Waals surface area contributed by atoms with Crippen LogP contribution in [0.15, 0.2) is 36.5 Å². The lowest BCUT2D eigenvalue weighted by molar-refractivity contribution is -0.151. The summed E-state index contributed by atoms with van der Waals surface area (Å²) in [5.74, 6) is 0.952. The van der Waals surface area contributed by atoms with Crippen LogP contribution >= 0.6 is 0 Å². The molecule has 0 amide bonds. The summed E-state index contributed by atoms with van der Waals surface area (Å²) < 4.78 is 7.58. The molecule has 43 heavy (non-hydrogen) atoms. The third kappa shape index (κ3) is 10.3. The van der Waals surface area contributed by atoms with Gasteiger partial charge in [0.25, 0.3) is 0 Å². The van der Waals surface area contributed by atoms with E-state index in [1.807, 2.05) is 36.5 Å². The fourth-order valence-electron chi connectivity index (χ4n) is 6.38. The number of aromatic hydroxyl groups is 2. The molecular formula is C35H54N4O4. The van der Waals surface area contributed by atoms with Crippen molar-refractivity contribution >= 4 is 11.8 Å². The molecule has 2 aromatic rings. The summed E-state index contributed by atoms with van der Waals surface area (Å²) in [5, 5.41) is 21.9. The number of esters is 1. The first-order valence-corrected chi connectivity index (χ1v) is 16.9. The number of ether oxygens (including phenoxy) is 1. The van der Waals surface area contributed by atoms with Crippen LogP contribution in [0.2, 0.25) is 0 Å². The lowest BCUT2D eigenvalue weighted by Crippen LogP contribution is -2.49. The van der Waals surface area contributed by atoms with Gasteiger partial charge in [0.05, 0.1) is 6.54 Å². The smallest absolute Gasteiger partial charge is 0.306 e. The van der Waals surface area contributed by atoms with Gasteiger partial charge in [0.15, 0.2) is 11.8 Å². The average Bonchev–Trinajstić information content (AvgIpc) is 3.27. The van der Waals surface area contributed by atoms with Gasteiger partial charge in [0.1, 0.15) is 11.9 Å². The van der Waals surface area contributed by atoms with Crippen molar-refractivity contribution in [2.24, 2.45) is 0 Å². The molecule has 3 heterocycles. The summed E-state index contributed by atoms with van der Waals surface area (Å²) in [6.45, 7) is 6.39. The number of unbranched alkanes of at least 4 members (excludes halogenated alkanes) is 11. The SMILES string of the molecule is CCCCCCCCCCCCCCC(=O)OC(CN1CCN(c2ccccn2)CC1)Cn1c(O)c2c(c1O)CC=CC2. The number of carbonyl (C=O) groups is 1. The van der Waals surface area contributed by atoms with Crippen LogP contribution in [-0.4, -0.2) is 69.5 Å². The van der Waals surface area contributed by atoms with Crippen molar-refractivity contribution in [2.75, 3.05) is 37.6 Å². The summed E-state index contributed by atoms with van der Waals surface area (Å²) >= 11 is 0. The number of anilines is 1. The predicted molar refractivity (Wildman–Crippen MR) is 173 cm³/mol. The molecule has 1 saturated heterocycles. The highest BCUT2D eigenvalue weighted by Crippen LogP contribution is 2.37. The Morgan fingerprint density at radius 3 is 1.95 bits per heavy atom. The molecule has 0 aromatic carbocycles. The first-order chi connectivity index (χ1) is 21.1. The van der Waals surface area contributed by atoms with Gasteiger partial charge in [-0.05, 0) is 31.4 Å². The molecule has 0 saturated carbocycles. The second-order valence-electron chi connectivity index (χ2n) is 12.3. The van der Waals surface area contributed by atoms with E-state index < -0.39 is 6.10 Å². The van der Waals surface area contributed by atoms with Gasteiger partial charge in [-0.25, -0.2) is 4.98 Å². The Morgan fingerprint density at radius 2 is 1.40 bits per heavy atom. The number of pyridine rings is 1. The number of nitrogens with zero attached hydrogens (tertiary/aromatic N) is 4. The number of piperazine rings is 1. The second-order valence-corrected chi connectivity index (χ2v) is 12.3.